The van der Waals surface area contributed by atoms with Gasteiger partial charge in [0.2, 0.25) is 5.09 Å². The minimum atomic E-state index is -4.42. The van der Waals surface area contributed by atoms with Crippen LogP contribution in [0.1, 0.15) is 11.3 Å². The molecule has 0 N–H and O–H groups in total. The van der Waals surface area contributed by atoms with E-state index < -0.39 is 15.2 Å². The largest absolute Gasteiger partial charge is 1.00 e. The van der Waals surface area contributed by atoms with Crippen LogP contribution in [0.2, 0.25) is 0 Å². The van der Waals surface area contributed by atoms with Crippen molar-refractivity contribution in [1.82, 2.24) is 0 Å². The van der Waals surface area contributed by atoms with Crippen molar-refractivity contribution in [2.75, 3.05) is 0 Å². The Morgan fingerprint density at radius 3 is 2.08 bits per heavy atom. The molecule has 0 aliphatic heterocycles. The Morgan fingerprint density at radius 2 is 1.92 bits per heavy atom. The molecule has 0 amide bonds. The molecule has 1 aromatic heterocycles. The van der Waals surface area contributed by atoms with Crippen LogP contribution < -0.4 is 29.6 Å². The Bertz CT molecular complexity index is 345. The van der Waals surface area contributed by atoms with Crippen molar-refractivity contribution >= 4 is 10.1 Å². The first-order valence-corrected chi connectivity index (χ1v) is 4.35. The van der Waals surface area contributed by atoms with Crippen LogP contribution in [0.4, 0.5) is 0 Å². The molecule has 0 aromatic carbocycles. The summed E-state index contributed by atoms with van der Waals surface area (Å²) in [5, 5.41) is -0.507. The summed E-state index contributed by atoms with van der Waals surface area (Å²) in [6, 6.07) is 1.22. The molecule has 0 spiro atoms. The van der Waals surface area contributed by atoms with Crippen LogP contribution in [0, 0.1) is 13.8 Å². The molecule has 1 rings (SSSR count). The first kappa shape index (κ1) is 12.2. The first-order chi connectivity index (χ1) is 4.91. The third-order valence-electron chi connectivity index (χ3n) is 1.39. The Labute approximate surface area is 93.0 Å². The summed E-state index contributed by atoms with van der Waals surface area (Å²) in [7, 11) is -4.42. The fraction of sp³-hybridized carbons (Fsp3) is 0.333. The van der Waals surface area contributed by atoms with Gasteiger partial charge in [0.25, 0.3) is 0 Å². The number of hydrogen-bond acceptors (Lipinski definition) is 4. The van der Waals surface area contributed by atoms with Gasteiger partial charge in [-0.2, -0.15) is 0 Å². The molecule has 4 nitrogen and oxygen atoms in total. The van der Waals surface area contributed by atoms with E-state index in [9.17, 15) is 13.0 Å². The zero-order chi connectivity index (χ0) is 8.65. The molecule has 0 aliphatic rings. The molecule has 0 atom stereocenters. The summed E-state index contributed by atoms with van der Waals surface area (Å²) < 4.78 is 35.7. The normalized spacial score (nSPS) is 10.9. The van der Waals surface area contributed by atoms with Crippen LogP contribution >= 0.6 is 0 Å². The summed E-state index contributed by atoms with van der Waals surface area (Å²) in [6.07, 6.45) is 0. The molecule has 0 saturated heterocycles. The van der Waals surface area contributed by atoms with E-state index in [0.717, 1.165) is 0 Å². The molecule has 0 saturated carbocycles. The molecular formula is C6H7NaO4S. The van der Waals surface area contributed by atoms with E-state index in [4.69, 9.17) is 0 Å². The number of furan rings is 1. The van der Waals surface area contributed by atoms with Gasteiger partial charge < -0.3 is 8.97 Å². The minimum absolute atomic E-state index is 0. The first-order valence-electron chi connectivity index (χ1n) is 2.94. The van der Waals surface area contributed by atoms with Gasteiger partial charge in [-0.3, -0.25) is 0 Å². The van der Waals surface area contributed by atoms with Crippen molar-refractivity contribution in [2.24, 2.45) is 0 Å². The monoisotopic (exact) mass is 198 g/mol. The van der Waals surface area contributed by atoms with Gasteiger partial charge in [-0.1, -0.05) is 0 Å². The molecule has 0 radical (unpaired) electrons. The Morgan fingerprint density at radius 1 is 1.42 bits per heavy atom. The summed E-state index contributed by atoms with van der Waals surface area (Å²) in [5.74, 6) is 0.458. The van der Waals surface area contributed by atoms with Crippen LogP contribution in [0.15, 0.2) is 15.6 Å². The van der Waals surface area contributed by atoms with Crippen LogP contribution in [-0.4, -0.2) is 13.0 Å². The van der Waals surface area contributed by atoms with E-state index in [-0.39, 0.29) is 29.6 Å². The third kappa shape index (κ3) is 2.60. The standard InChI is InChI=1S/C6H8O4S.Na/c1-4-3-6(10-5(4)2)11(7,8)9;/h3H,1-2H3,(H,7,8,9);/q;+1/p-1. The number of rotatable bonds is 1. The van der Waals surface area contributed by atoms with Crippen molar-refractivity contribution in [1.29, 1.82) is 0 Å². The van der Waals surface area contributed by atoms with Crippen molar-refractivity contribution < 1.29 is 46.9 Å². The van der Waals surface area contributed by atoms with Gasteiger partial charge >= 0.3 is 29.6 Å². The third-order valence-corrected chi connectivity index (χ3v) is 2.08. The Kier molecular flexibility index (Phi) is 3.99. The van der Waals surface area contributed by atoms with Crippen molar-refractivity contribution in [3.63, 3.8) is 0 Å². The van der Waals surface area contributed by atoms with Gasteiger partial charge in [0, 0.05) is 0 Å². The van der Waals surface area contributed by atoms with E-state index in [2.05, 4.69) is 4.42 Å². The van der Waals surface area contributed by atoms with Crippen molar-refractivity contribution in [2.45, 2.75) is 18.9 Å². The molecule has 12 heavy (non-hydrogen) atoms. The fourth-order valence-corrected chi connectivity index (χ4v) is 1.21. The van der Waals surface area contributed by atoms with E-state index >= 15 is 0 Å². The molecular weight excluding hydrogens is 191 g/mol. The number of hydrogen-bond donors (Lipinski definition) is 0. The second kappa shape index (κ2) is 3.93. The molecule has 0 unspecified atom stereocenters. The van der Waals surface area contributed by atoms with Gasteiger partial charge in [-0.25, -0.2) is 8.42 Å². The zero-order valence-electron chi connectivity index (χ0n) is 7.12. The predicted molar refractivity (Wildman–Crippen MR) is 36.1 cm³/mol. The van der Waals surface area contributed by atoms with E-state index in [1.54, 1.807) is 13.8 Å². The van der Waals surface area contributed by atoms with Crippen molar-refractivity contribution in [3.05, 3.63) is 17.4 Å². The maximum Gasteiger partial charge on any atom is 1.00 e. The summed E-state index contributed by atoms with van der Waals surface area (Å²) in [4.78, 5) is 0. The molecule has 0 aliphatic carbocycles. The summed E-state index contributed by atoms with van der Waals surface area (Å²) in [5.41, 5.74) is 0.666. The van der Waals surface area contributed by atoms with Gasteiger partial charge in [0.1, 0.15) is 5.76 Å². The van der Waals surface area contributed by atoms with Gasteiger partial charge in [0.15, 0.2) is 10.1 Å². The quantitative estimate of drug-likeness (QED) is 0.379. The smallest absolute Gasteiger partial charge is 0.742 e. The predicted octanol–water partition coefficient (Wildman–Crippen LogP) is -2.20. The van der Waals surface area contributed by atoms with Crippen LogP contribution in [0.5, 0.6) is 0 Å². The van der Waals surface area contributed by atoms with Gasteiger partial charge in [-0.15, -0.1) is 0 Å². The van der Waals surface area contributed by atoms with Crippen LogP contribution in [0.25, 0.3) is 0 Å². The van der Waals surface area contributed by atoms with E-state index in [1.807, 2.05) is 0 Å². The molecule has 1 aromatic rings. The molecule has 6 heteroatoms. The Balaban J connectivity index is 0.00000121. The molecule has 1 heterocycles. The molecule has 62 valence electrons. The average Bonchev–Trinajstić information content (AvgIpc) is 2.11. The van der Waals surface area contributed by atoms with Crippen LogP contribution in [-0.2, 0) is 10.1 Å². The topological polar surface area (TPSA) is 70.3 Å². The SMILES string of the molecule is Cc1cc(S(=O)(=O)[O-])oc1C.[Na+]. The molecule has 0 fully saturated rings. The summed E-state index contributed by atoms with van der Waals surface area (Å²) in [6.45, 7) is 3.28. The maximum absolute atomic E-state index is 10.3. The van der Waals surface area contributed by atoms with Gasteiger partial charge in [0.05, 0.1) is 0 Å². The minimum Gasteiger partial charge on any atom is -0.742 e. The zero-order valence-corrected chi connectivity index (χ0v) is 9.94. The maximum atomic E-state index is 10.3. The van der Waals surface area contributed by atoms with Crippen LogP contribution in [0.3, 0.4) is 0 Å². The van der Waals surface area contributed by atoms with Gasteiger partial charge in [-0.05, 0) is 25.5 Å². The second-order valence-corrected chi connectivity index (χ2v) is 3.57. The van der Waals surface area contributed by atoms with Crippen molar-refractivity contribution in [3.8, 4) is 0 Å². The average molecular weight is 198 g/mol. The summed E-state index contributed by atoms with van der Waals surface area (Å²) >= 11 is 0. The molecule has 0 bridgehead atoms. The number of aryl methyl sites for hydroxylation is 2. The van der Waals surface area contributed by atoms with E-state index in [1.165, 1.54) is 6.07 Å². The second-order valence-electron chi connectivity index (χ2n) is 2.26. The fourth-order valence-electron chi connectivity index (χ4n) is 0.662. The van der Waals surface area contributed by atoms with E-state index in [0.29, 0.717) is 11.3 Å². The Hall–Kier alpha value is 0.190.